The number of carbonyl (C=O) groups excluding carboxylic acids is 1. The molecule has 0 bridgehead atoms. The zero-order chi connectivity index (χ0) is 22.8. The Bertz CT molecular complexity index is 1110. The molecule has 1 amide bonds. The second-order valence-electron chi connectivity index (χ2n) is 7.38. The van der Waals surface area contributed by atoms with Crippen LogP contribution in [-0.2, 0) is 4.74 Å². The predicted octanol–water partition coefficient (Wildman–Crippen LogP) is 2.69. The molecule has 172 valence electrons. The highest BCUT2D eigenvalue weighted by atomic mass is 32.1. The third-order valence-corrected chi connectivity index (χ3v) is 6.56. The first-order valence-corrected chi connectivity index (χ1v) is 11.2. The van der Waals surface area contributed by atoms with E-state index in [1.165, 1.54) is 15.9 Å². The van der Waals surface area contributed by atoms with Crippen molar-refractivity contribution in [2.45, 2.75) is 19.9 Å². The molecule has 0 spiro atoms. The third-order valence-electron chi connectivity index (χ3n) is 5.48. The van der Waals surface area contributed by atoms with Crippen molar-refractivity contribution in [1.29, 1.82) is 0 Å². The number of nitrogens with zero attached hydrogens (tertiary/aromatic N) is 5. The van der Waals surface area contributed by atoms with E-state index in [9.17, 15) is 9.90 Å². The van der Waals surface area contributed by atoms with Crippen molar-refractivity contribution in [2.24, 2.45) is 0 Å². The highest BCUT2D eigenvalue weighted by molar-refractivity contribution is 7.17. The van der Waals surface area contributed by atoms with Crippen LogP contribution in [0.25, 0.3) is 4.96 Å². The Kier molecular flexibility index (Phi) is 6.38. The summed E-state index contributed by atoms with van der Waals surface area (Å²) in [5.41, 5.74) is 0.934. The minimum atomic E-state index is -0.299. The molecule has 1 N–H and O–H groups in total. The number of aromatic nitrogens is 3. The lowest BCUT2D eigenvalue weighted by atomic mass is 10.0. The van der Waals surface area contributed by atoms with E-state index in [1.54, 1.807) is 33.0 Å². The number of amides is 1. The number of fused-ring (bicyclic) bond motifs is 1. The van der Waals surface area contributed by atoms with Crippen molar-refractivity contribution in [3.63, 3.8) is 0 Å². The summed E-state index contributed by atoms with van der Waals surface area (Å²) < 4.78 is 17.5. The molecule has 1 unspecified atom stereocenters. The lowest BCUT2D eigenvalue weighted by Crippen LogP contribution is -2.49. The van der Waals surface area contributed by atoms with Crippen LogP contribution in [0.3, 0.4) is 0 Å². The number of rotatable bonds is 6. The van der Waals surface area contributed by atoms with Gasteiger partial charge < -0.3 is 24.2 Å². The van der Waals surface area contributed by atoms with Gasteiger partial charge in [0.25, 0.3) is 0 Å². The summed E-state index contributed by atoms with van der Waals surface area (Å²) in [6.45, 7) is 6.23. The van der Waals surface area contributed by atoms with Crippen molar-refractivity contribution in [3.8, 4) is 17.4 Å². The number of carbonyl (C=O) groups is 1. The lowest BCUT2D eigenvalue weighted by molar-refractivity contribution is 0.0715. The molecule has 1 atom stereocenters. The number of piperazine rings is 1. The predicted molar refractivity (Wildman–Crippen MR) is 119 cm³/mol. The molecule has 1 aromatic carbocycles. The van der Waals surface area contributed by atoms with Crippen LogP contribution < -0.4 is 9.47 Å². The zero-order valence-corrected chi connectivity index (χ0v) is 19.4. The molecular formula is C21H27N5O5S. The maximum absolute atomic E-state index is 12.1. The van der Waals surface area contributed by atoms with Crippen LogP contribution in [-0.4, -0.2) is 82.6 Å². The first-order chi connectivity index (χ1) is 15.5. The number of ether oxygens (including phenoxy) is 3. The van der Waals surface area contributed by atoms with Crippen molar-refractivity contribution in [1.82, 2.24) is 24.4 Å². The molecule has 3 heterocycles. The van der Waals surface area contributed by atoms with E-state index in [1.807, 2.05) is 18.2 Å². The molecular weight excluding hydrogens is 434 g/mol. The smallest absolute Gasteiger partial charge is 0.409 e. The normalized spacial score (nSPS) is 15.7. The first-order valence-electron chi connectivity index (χ1n) is 10.4. The van der Waals surface area contributed by atoms with Crippen molar-refractivity contribution in [2.75, 3.05) is 47.0 Å². The Balaban J connectivity index is 1.71. The van der Waals surface area contributed by atoms with Gasteiger partial charge >= 0.3 is 6.09 Å². The van der Waals surface area contributed by atoms with Gasteiger partial charge in [-0.25, -0.2) is 9.78 Å². The van der Waals surface area contributed by atoms with Crippen LogP contribution in [0, 0.1) is 6.92 Å². The van der Waals surface area contributed by atoms with Gasteiger partial charge in [-0.2, -0.15) is 4.52 Å². The van der Waals surface area contributed by atoms with Crippen LogP contribution in [0.5, 0.6) is 17.4 Å². The number of methoxy groups -OCH3 is 2. The van der Waals surface area contributed by atoms with Crippen molar-refractivity contribution >= 4 is 22.4 Å². The van der Waals surface area contributed by atoms with Gasteiger partial charge in [-0.05, 0) is 31.5 Å². The molecule has 0 radical (unpaired) electrons. The molecule has 11 heteroatoms. The summed E-state index contributed by atoms with van der Waals surface area (Å²) in [6.07, 6.45) is -0.299. The number of thiazole rings is 1. The fourth-order valence-electron chi connectivity index (χ4n) is 3.95. The molecule has 32 heavy (non-hydrogen) atoms. The van der Waals surface area contributed by atoms with Crippen LogP contribution in [0.2, 0.25) is 0 Å². The summed E-state index contributed by atoms with van der Waals surface area (Å²) >= 11 is 1.40. The van der Waals surface area contributed by atoms with Crippen LogP contribution in [0.4, 0.5) is 4.79 Å². The summed E-state index contributed by atoms with van der Waals surface area (Å²) in [5.74, 6) is 1.90. The van der Waals surface area contributed by atoms with Crippen LogP contribution in [0.15, 0.2) is 18.2 Å². The Morgan fingerprint density at radius 3 is 2.53 bits per heavy atom. The van der Waals surface area contributed by atoms with E-state index < -0.39 is 0 Å². The maximum Gasteiger partial charge on any atom is 0.409 e. The largest absolute Gasteiger partial charge is 0.493 e. The van der Waals surface area contributed by atoms with Gasteiger partial charge in [-0.15, -0.1) is 5.10 Å². The van der Waals surface area contributed by atoms with E-state index >= 15 is 0 Å². The van der Waals surface area contributed by atoms with E-state index in [2.05, 4.69) is 15.0 Å². The van der Waals surface area contributed by atoms with E-state index in [-0.39, 0.29) is 18.0 Å². The molecule has 2 aromatic heterocycles. The fraction of sp³-hybridized carbons (Fsp3) is 0.476. The molecule has 0 aliphatic carbocycles. The minimum absolute atomic E-state index is 0.0678. The third kappa shape index (κ3) is 4.05. The molecule has 3 aromatic rings. The van der Waals surface area contributed by atoms with Gasteiger partial charge in [-0.1, -0.05) is 17.4 Å². The Morgan fingerprint density at radius 2 is 1.91 bits per heavy atom. The van der Waals surface area contributed by atoms with Gasteiger partial charge in [0.15, 0.2) is 11.5 Å². The quantitative estimate of drug-likeness (QED) is 0.598. The SMILES string of the molecule is CCOC(=O)N1CCN(C(c2ccc(OC)c(OC)c2)c2sc3nc(C)nn3c2O)CC1. The van der Waals surface area contributed by atoms with E-state index in [0.717, 1.165) is 10.4 Å². The highest BCUT2D eigenvalue weighted by Crippen LogP contribution is 2.42. The second kappa shape index (κ2) is 9.21. The van der Waals surface area contributed by atoms with Gasteiger partial charge in [0, 0.05) is 26.2 Å². The molecule has 1 saturated heterocycles. The fourth-order valence-corrected chi connectivity index (χ4v) is 5.12. The average Bonchev–Trinajstić information content (AvgIpc) is 3.31. The number of aryl methyl sites for hydroxylation is 1. The van der Waals surface area contributed by atoms with Crippen molar-refractivity contribution in [3.05, 3.63) is 34.5 Å². The molecule has 1 aliphatic rings. The van der Waals surface area contributed by atoms with Gasteiger partial charge in [0.1, 0.15) is 5.82 Å². The number of aromatic hydroxyl groups is 1. The number of hydrogen-bond acceptors (Lipinski definition) is 9. The van der Waals surface area contributed by atoms with Crippen LogP contribution in [0.1, 0.15) is 29.2 Å². The Hall–Kier alpha value is -3.05. The number of hydrogen-bond donors (Lipinski definition) is 1. The summed E-state index contributed by atoms with van der Waals surface area (Å²) in [7, 11) is 3.19. The highest BCUT2D eigenvalue weighted by Gasteiger charge is 2.33. The number of benzene rings is 1. The van der Waals surface area contributed by atoms with Gasteiger partial charge in [0.2, 0.25) is 10.8 Å². The minimum Gasteiger partial charge on any atom is -0.493 e. The monoisotopic (exact) mass is 461 g/mol. The summed E-state index contributed by atoms with van der Waals surface area (Å²) in [4.78, 5) is 21.8. The molecule has 1 fully saturated rings. The molecule has 10 nitrogen and oxygen atoms in total. The standard InChI is InChI=1S/C21H27N5O5S/c1-5-31-21(28)25-10-8-24(9-11-25)17(14-6-7-15(29-3)16(12-14)30-4)18-19(27)26-20(32-18)22-13(2)23-26/h6-7,12,17,27H,5,8-11H2,1-4H3. The van der Waals surface area contributed by atoms with Crippen LogP contribution >= 0.6 is 11.3 Å². The Labute approximate surface area is 189 Å². The van der Waals surface area contributed by atoms with E-state index in [4.69, 9.17) is 14.2 Å². The summed E-state index contributed by atoms with van der Waals surface area (Å²) in [6, 6.07) is 5.47. The van der Waals surface area contributed by atoms with E-state index in [0.29, 0.717) is 55.1 Å². The summed E-state index contributed by atoms with van der Waals surface area (Å²) in [5, 5.41) is 15.3. The second-order valence-corrected chi connectivity index (χ2v) is 8.39. The lowest BCUT2D eigenvalue weighted by Gasteiger charge is -2.38. The van der Waals surface area contributed by atoms with Gasteiger partial charge in [0.05, 0.1) is 31.7 Å². The first kappa shape index (κ1) is 22.2. The van der Waals surface area contributed by atoms with Crippen molar-refractivity contribution < 1.29 is 24.1 Å². The molecule has 1 aliphatic heterocycles. The molecule has 4 rings (SSSR count). The maximum atomic E-state index is 12.1. The zero-order valence-electron chi connectivity index (χ0n) is 18.6. The van der Waals surface area contributed by atoms with Gasteiger partial charge in [-0.3, -0.25) is 4.90 Å². The topological polar surface area (TPSA) is 102 Å². The Morgan fingerprint density at radius 1 is 1.19 bits per heavy atom. The molecule has 0 saturated carbocycles. The average molecular weight is 462 g/mol.